The number of ether oxygens (including phenoxy) is 2. The van der Waals surface area contributed by atoms with Crippen LogP contribution in [0.4, 0.5) is 5.69 Å². The van der Waals surface area contributed by atoms with Crippen molar-refractivity contribution in [2.45, 2.75) is 0 Å². The molecule has 0 atom stereocenters. The Morgan fingerprint density at radius 3 is 2.79 bits per heavy atom. The fraction of sp³-hybridized carbons (Fsp3) is 0.125. The summed E-state index contributed by atoms with van der Waals surface area (Å²) in [6, 6.07) is 6.83. The molecule has 3 aromatic rings. The zero-order valence-electron chi connectivity index (χ0n) is 12.2. The van der Waals surface area contributed by atoms with Crippen molar-refractivity contribution in [1.82, 2.24) is 4.98 Å². The molecule has 0 spiro atoms. The Morgan fingerprint density at radius 2 is 2.04 bits per heavy atom. The normalized spacial score (nSPS) is 12.9. The molecule has 24 heavy (non-hydrogen) atoms. The molecule has 3 heterocycles. The summed E-state index contributed by atoms with van der Waals surface area (Å²) in [6.45, 7) is 0.935. The van der Waals surface area contributed by atoms with Gasteiger partial charge in [-0.15, -0.1) is 11.3 Å². The molecule has 0 saturated heterocycles. The molecule has 0 radical (unpaired) electrons. The van der Waals surface area contributed by atoms with Gasteiger partial charge in [0, 0.05) is 17.5 Å². The molecule has 0 bridgehead atoms. The lowest BCUT2D eigenvalue weighted by Gasteiger charge is -2.19. The number of furan rings is 1. The Hall–Kier alpha value is -2.51. The zero-order valence-corrected chi connectivity index (χ0v) is 13.8. The molecule has 1 aliphatic heterocycles. The van der Waals surface area contributed by atoms with Gasteiger partial charge in [-0.1, -0.05) is 11.6 Å². The van der Waals surface area contributed by atoms with Crippen LogP contribution in [0.25, 0.3) is 10.8 Å². The third-order valence-electron chi connectivity index (χ3n) is 3.35. The molecule has 0 fully saturated rings. The highest BCUT2D eigenvalue weighted by atomic mass is 35.5. The first-order valence-corrected chi connectivity index (χ1v) is 8.36. The van der Waals surface area contributed by atoms with Gasteiger partial charge in [0.25, 0.3) is 5.91 Å². The second-order valence-corrected chi connectivity index (χ2v) is 6.21. The lowest BCUT2D eigenvalue weighted by atomic mass is 10.2. The summed E-state index contributed by atoms with van der Waals surface area (Å²) in [6.07, 6.45) is 1.56. The third-order valence-corrected chi connectivity index (χ3v) is 4.52. The molecule has 0 unspecified atom stereocenters. The lowest BCUT2D eigenvalue weighted by Crippen LogP contribution is -2.17. The highest BCUT2D eigenvalue weighted by Crippen LogP contribution is 2.38. The molecular formula is C16H11ClN2O4S. The van der Waals surface area contributed by atoms with Crippen LogP contribution in [0, 0.1) is 0 Å². The molecule has 1 amide bonds. The Labute approximate surface area is 146 Å². The highest BCUT2D eigenvalue weighted by molar-refractivity contribution is 7.13. The van der Waals surface area contributed by atoms with Gasteiger partial charge in [0.15, 0.2) is 22.3 Å². The molecule has 4 rings (SSSR count). The summed E-state index contributed by atoms with van der Waals surface area (Å²) in [7, 11) is 0. The highest BCUT2D eigenvalue weighted by Gasteiger charge is 2.18. The number of carbonyl (C=O) groups is 1. The summed E-state index contributed by atoms with van der Waals surface area (Å²) in [5, 5.41) is 5.42. The summed E-state index contributed by atoms with van der Waals surface area (Å²) in [5.74, 6) is 1.38. The number of fused-ring (bicyclic) bond motifs is 1. The number of benzene rings is 1. The van der Waals surface area contributed by atoms with Gasteiger partial charge in [0.1, 0.15) is 18.9 Å². The topological polar surface area (TPSA) is 73.6 Å². The molecule has 1 aliphatic rings. The van der Waals surface area contributed by atoms with Crippen LogP contribution in [-0.2, 0) is 0 Å². The van der Waals surface area contributed by atoms with E-state index >= 15 is 0 Å². The molecule has 1 aromatic carbocycles. The predicted molar refractivity (Wildman–Crippen MR) is 90.2 cm³/mol. The maximum Gasteiger partial charge on any atom is 0.275 e. The number of rotatable bonds is 3. The monoisotopic (exact) mass is 362 g/mol. The summed E-state index contributed by atoms with van der Waals surface area (Å²) >= 11 is 7.53. The number of halogens is 1. The maximum atomic E-state index is 12.4. The van der Waals surface area contributed by atoms with E-state index in [9.17, 15) is 4.79 Å². The first kappa shape index (κ1) is 15.0. The van der Waals surface area contributed by atoms with Gasteiger partial charge in [0.2, 0.25) is 0 Å². The van der Waals surface area contributed by atoms with Crippen molar-refractivity contribution in [3.8, 4) is 22.3 Å². The van der Waals surface area contributed by atoms with E-state index in [-0.39, 0.29) is 11.6 Å². The second kappa shape index (κ2) is 6.18. The van der Waals surface area contributed by atoms with Crippen LogP contribution in [-0.4, -0.2) is 24.1 Å². The minimum Gasteiger partial charge on any atom is -0.486 e. The number of carbonyl (C=O) groups excluding carboxylic acids is 1. The van der Waals surface area contributed by atoms with E-state index in [1.54, 1.807) is 35.9 Å². The van der Waals surface area contributed by atoms with Crippen LogP contribution < -0.4 is 14.8 Å². The van der Waals surface area contributed by atoms with Gasteiger partial charge in [-0.3, -0.25) is 4.79 Å². The number of thiazole rings is 1. The molecule has 2 aromatic heterocycles. The van der Waals surface area contributed by atoms with Crippen molar-refractivity contribution in [3.05, 3.63) is 46.6 Å². The molecule has 0 aliphatic carbocycles. The van der Waals surface area contributed by atoms with E-state index < -0.39 is 0 Å². The Bertz CT molecular complexity index is 892. The second-order valence-electron chi connectivity index (χ2n) is 4.95. The fourth-order valence-electron chi connectivity index (χ4n) is 2.24. The quantitative estimate of drug-likeness (QED) is 0.760. The van der Waals surface area contributed by atoms with E-state index in [0.29, 0.717) is 46.2 Å². The van der Waals surface area contributed by atoms with Crippen LogP contribution in [0.1, 0.15) is 10.5 Å². The summed E-state index contributed by atoms with van der Waals surface area (Å²) in [5.41, 5.74) is 0.732. The summed E-state index contributed by atoms with van der Waals surface area (Å²) in [4.78, 5) is 16.7. The van der Waals surface area contributed by atoms with Crippen molar-refractivity contribution < 1.29 is 18.7 Å². The Balaban J connectivity index is 1.56. The van der Waals surface area contributed by atoms with Gasteiger partial charge < -0.3 is 19.2 Å². The molecule has 122 valence electrons. The van der Waals surface area contributed by atoms with Crippen LogP contribution in [0.5, 0.6) is 11.5 Å². The van der Waals surface area contributed by atoms with E-state index in [4.69, 9.17) is 25.5 Å². The van der Waals surface area contributed by atoms with E-state index in [2.05, 4.69) is 10.3 Å². The average Bonchev–Trinajstić information content (AvgIpc) is 3.26. The maximum absolute atomic E-state index is 12.4. The van der Waals surface area contributed by atoms with Gasteiger partial charge in [0.05, 0.1) is 17.0 Å². The molecular weight excluding hydrogens is 352 g/mol. The number of aromatic nitrogens is 1. The largest absolute Gasteiger partial charge is 0.486 e. The number of nitrogens with one attached hydrogen (secondary N) is 1. The molecule has 1 N–H and O–H groups in total. The van der Waals surface area contributed by atoms with Crippen LogP contribution >= 0.6 is 22.9 Å². The first-order valence-electron chi connectivity index (χ1n) is 7.10. The number of anilines is 1. The van der Waals surface area contributed by atoms with Crippen LogP contribution in [0.3, 0.4) is 0 Å². The van der Waals surface area contributed by atoms with E-state index in [1.807, 2.05) is 0 Å². The van der Waals surface area contributed by atoms with Crippen molar-refractivity contribution in [3.63, 3.8) is 0 Å². The van der Waals surface area contributed by atoms with Gasteiger partial charge in [-0.05, 0) is 12.1 Å². The van der Waals surface area contributed by atoms with Gasteiger partial charge in [-0.25, -0.2) is 4.98 Å². The van der Waals surface area contributed by atoms with Crippen molar-refractivity contribution in [2.24, 2.45) is 0 Å². The van der Waals surface area contributed by atoms with E-state index in [1.165, 1.54) is 11.3 Å². The van der Waals surface area contributed by atoms with Crippen molar-refractivity contribution >= 4 is 34.5 Å². The molecule has 6 nitrogen and oxygen atoms in total. The Morgan fingerprint density at radius 1 is 1.25 bits per heavy atom. The fourth-order valence-corrected chi connectivity index (χ4v) is 3.20. The molecule has 8 heteroatoms. The summed E-state index contributed by atoms with van der Waals surface area (Å²) < 4.78 is 16.2. The number of hydrogen-bond donors (Lipinski definition) is 1. The van der Waals surface area contributed by atoms with Crippen molar-refractivity contribution in [2.75, 3.05) is 18.5 Å². The van der Waals surface area contributed by atoms with Gasteiger partial charge >= 0.3 is 0 Å². The van der Waals surface area contributed by atoms with Crippen LogP contribution in [0.15, 0.2) is 40.3 Å². The first-order chi connectivity index (χ1) is 11.7. The van der Waals surface area contributed by atoms with Gasteiger partial charge in [-0.2, -0.15) is 0 Å². The van der Waals surface area contributed by atoms with E-state index in [0.717, 1.165) is 0 Å². The SMILES string of the molecule is O=C(Nc1cc2c(cc1Cl)OCCO2)c1csc(-c2ccco2)n1. The standard InChI is InChI=1S/C16H11ClN2O4S/c17-9-6-13-14(23-5-4-22-13)7-10(9)18-15(20)11-8-24-16(19-11)12-2-1-3-21-12/h1-3,6-8H,4-5H2,(H,18,20). The minimum absolute atomic E-state index is 0.289. The number of hydrogen-bond acceptors (Lipinski definition) is 6. The minimum atomic E-state index is -0.359. The molecule has 0 saturated carbocycles. The van der Waals surface area contributed by atoms with Crippen molar-refractivity contribution in [1.29, 1.82) is 0 Å². The number of nitrogens with zero attached hydrogens (tertiary/aromatic N) is 1. The zero-order chi connectivity index (χ0) is 16.5. The third kappa shape index (κ3) is 2.83. The average molecular weight is 363 g/mol. The number of amides is 1. The lowest BCUT2D eigenvalue weighted by molar-refractivity contribution is 0.102. The smallest absolute Gasteiger partial charge is 0.275 e. The van der Waals surface area contributed by atoms with Crippen LogP contribution in [0.2, 0.25) is 5.02 Å². The predicted octanol–water partition coefficient (Wildman–Crippen LogP) is 4.08. The Kier molecular flexibility index (Phi) is 3.87.